The van der Waals surface area contributed by atoms with Crippen LogP contribution in [0.3, 0.4) is 0 Å². The van der Waals surface area contributed by atoms with Crippen LogP contribution in [0.15, 0.2) is 48.8 Å². The summed E-state index contributed by atoms with van der Waals surface area (Å²) in [7, 11) is 1.52. The highest BCUT2D eigenvalue weighted by atomic mass is 16.5. The topological polar surface area (TPSA) is 94.3 Å². The van der Waals surface area contributed by atoms with Crippen molar-refractivity contribution in [1.82, 2.24) is 29.9 Å². The Hall–Kier alpha value is -3.55. The van der Waals surface area contributed by atoms with E-state index in [1.54, 1.807) is 22.9 Å². The predicted octanol–water partition coefficient (Wildman–Crippen LogP) is 1.61. The number of amides is 1. The monoisotopic (exact) mass is 334 g/mol. The lowest BCUT2D eigenvalue weighted by Crippen LogP contribution is -2.24. The van der Waals surface area contributed by atoms with E-state index in [0.29, 0.717) is 23.0 Å². The second kappa shape index (κ2) is 6.16. The van der Waals surface area contributed by atoms with Gasteiger partial charge in [-0.3, -0.25) is 9.20 Å². The van der Waals surface area contributed by atoms with E-state index in [4.69, 9.17) is 4.74 Å². The standard InChI is InChI=1S/C17H14N6O2/c1-25-17-15-22-21-14(23(15)9-8-18-17)10-19-16(24)13-7-6-11-4-2-3-5-12(11)20-13/h2-9H,10H2,1H3,(H,19,24). The molecule has 4 rings (SSSR count). The van der Waals surface area contributed by atoms with Crippen LogP contribution in [0.4, 0.5) is 0 Å². The van der Waals surface area contributed by atoms with Crippen LogP contribution in [0.25, 0.3) is 16.6 Å². The molecule has 1 amide bonds. The maximum absolute atomic E-state index is 12.4. The van der Waals surface area contributed by atoms with Crippen LogP contribution in [0, 0.1) is 0 Å². The highest BCUT2D eigenvalue weighted by molar-refractivity contribution is 5.94. The maximum atomic E-state index is 12.4. The number of methoxy groups -OCH3 is 1. The molecule has 0 aliphatic carbocycles. The number of carbonyl (C=O) groups is 1. The average molecular weight is 334 g/mol. The Morgan fingerprint density at radius 3 is 2.96 bits per heavy atom. The number of hydrogen-bond acceptors (Lipinski definition) is 6. The molecule has 0 atom stereocenters. The van der Waals surface area contributed by atoms with Crippen LogP contribution in [0.2, 0.25) is 0 Å². The quantitative estimate of drug-likeness (QED) is 0.609. The first kappa shape index (κ1) is 15.0. The van der Waals surface area contributed by atoms with Gasteiger partial charge in [-0.25, -0.2) is 9.97 Å². The number of rotatable bonds is 4. The summed E-state index contributed by atoms with van der Waals surface area (Å²) < 4.78 is 6.87. The fourth-order valence-electron chi connectivity index (χ4n) is 2.56. The van der Waals surface area contributed by atoms with Gasteiger partial charge in [0.2, 0.25) is 5.65 Å². The molecule has 0 bridgehead atoms. The Morgan fingerprint density at radius 1 is 1.20 bits per heavy atom. The first-order chi connectivity index (χ1) is 12.3. The van der Waals surface area contributed by atoms with Crippen molar-refractivity contribution < 1.29 is 9.53 Å². The van der Waals surface area contributed by atoms with Crippen LogP contribution in [0.1, 0.15) is 16.3 Å². The molecule has 0 spiro atoms. The van der Waals surface area contributed by atoms with E-state index in [1.807, 2.05) is 30.3 Å². The molecule has 3 heterocycles. The molecule has 0 aliphatic rings. The van der Waals surface area contributed by atoms with Gasteiger partial charge < -0.3 is 10.1 Å². The van der Waals surface area contributed by atoms with E-state index in [9.17, 15) is 4.79 Å². The Labute approximate surface area is 142 Å². The van der Waals surface area contributed by atoms with Gasteiger partial charge in [-0.05, 0) is 12.1 Å². The zero-order chi connectivity index (χ0) is 17.2. The Morgan fingerprint density at radius 2 is 2.08 bits per heavy atom. The molecule has 1 aromatic carbocycles. The SMILES string of the molecule is COc1nccn2c(CNC(=O)c3ccc4ccccc4n3)nnc12. The van der Waals surface area contributed by atoms with Crippen LogP contribution in [-0.2, 0) is 6.54 Å². The normalized spacial score (nSPS) is 10.9. The molecule has 124 valence electrons. The molecule has 1 N–H and O–H groups in total. The van der Waals surface area contributed by atoms with Crippen molar-refractivity contribution in [1.29, 1.82) is 0 Å². The first-order valence-corrected chi connectivity index (χ1v) is 7.63. The molecule has 4 aromatic rings. The minimum atomic E-state index is -0.275. The average Bonchev–Trinajstić information content (AvgIpc) is 3.09. The van der Waals surface area contributed by atoms with Gasteiger partial charge in [0.25, 0.3) is 11.8 Å². The highest BCUT2D eigenvalue weighted by Crippen LogP contribution is 2.14. The fourth-order valence-corrected chi connectivity index (χ4v) is 2.56. The largest absolute Gasteiger partial charge is 0.478 e. The lowest BCUT2D eigenvalue weighted by atomic mass is 10.2. The number of carbonyl (C=O) groups excluding carboxylic acids is 1. The van der Waals surface area contributed by atoms with Gasteiger partial charge in [-0.2, -0.15) is 0 Å². The van der Waals surface area contributed by atoms with Crippen LogP contribution < -0.4 is 10.1 Å². The van der Waals surface area contributed by atoms with E-state index in [0.717, 1.165) is 10.9 Å². The number of ether oxygens (including phenoxy) is 1. The van der Waals surface area contributed by atoms with Crippen molar-refractivity contribution in [3.05, 3.63) is 60.3 Å². The molecule has 8 heteroatoms. The number of pyridine rings is 1. The smallest absolute Gasteiger partial charge is 0.270 e. The number of nitrogens with one attached hydrogen (secondary N) is 1. The van der Waals surface area contributed by atoms with Crippen LogP contribution in [0.5, 0.6) is 5.88 Å². The summed E-state index contributed by atoms with van der Waals surface area (Å²) in [5, 5.41) is 11.9. The number of hydrogen-bond donors (Lipinski definition) is 1. The summed E-state index contributed by atoms with van der Waals surface area (Å²) in [6, 6.07) is 11.2. The summed E-state index contributed by atoms with van der Waals surface area (Å²) in [6.07, 6.45) is 3.30. The fraction of sp³-hybridized carbons (Fsp3) is 0.118. The maximum Gasteiger partial charge on any atom is 0.270 e. The van der Waals surface area contributed by atoms with Gasteiger partial charge in [0.15, 0.2) is 5.82 Å². The lowest BCUT2D eigenvalue weighted by molar-refractivity contribution is 0.0945. The summed E-state index contributed by atoms with van der Waals surface area (Å²) >= 11 is 0. The van der Waals surface area contributed by atoms with Gasteiger partial charge in [0.05, 0.1) is 19.2 Å². The minimum absolute atomic E-state index is 0.210. The van der Waals surface area contributed by atoms with Gasteiger partial charge in [-0.1, -0.05) is 24.3 Å². The first-order valence-electron chi connectivity index (χ1n) is 7.63. The van der Waals surface area contributed by atoms with Gasteiger partial charge in [-0.15, -0.1) is 10.2 Å². The minimum Gasteiger partial charge on any atom is -0.478 e. The van der Waals surface area contributed by atoms with E-state index >= 15 is 0 Å². The zero-order valence-corrected chi connectivity index (χ0v) is 13.4. The molecule has 0 radical (unpaired) electrons. The van der Waals surface area contributed by atoms with Crippen molar-refractivity contribution in [2.45, 2.75) is 6.54 Å². The van der Waals surface area contributed by atoms with E-state index in [2.05, 4.69) is 25.5 Å². The molecule has 0 fully saturated rings. The van der Waals surface area contributed by atoms with Crippen molar-refractivity contribution in [3.63, 3.8) is 0 Å². The van der Waals surface area contributed by atoms with Crippen molar-refractivity contribution >= 4 is 22.5 Å². The molecule has 0 saturated carbocycles. The molecule has 0 aliphatic heterocycles. The van der Waals surface area contributed by atoms with Crippen LogP contribution in [-0.4, -0.2) is 37.6 Å². The third kappa shape index (κ3) is 2.74. The molecule has 0 saturated heterocycles. The van der Waals surface area contributed by atoms with Crippen LogP contribution >= 0.6 is 0 Å². The lowest BCUT2D eigenvalue weighted by Gasteiger charge is -2.05. The second-order valence-corrected chi connectivity index (χ2v) is 5.32. The van der Waals surface area contributed by atoms with E-state index < -0.39 is 0 Å². The summed E-state index contributed by atoms with van der Waals surface area (Å²) in [6.45, 7) is 0.210. The molecule has 0 unspecified atom stereocenters. The Kier molecular flexibility index (Phi) is 3.70. The van der Waals surface area contributed by atoms with Crippen molar-refractivity contribution in [2.24, 2.45) is 0 Å². The number of benzene rings is 1. The van der Waals surface area contributed by atoms with Gasteiger partial charge in [0, 0.05) is 17.8 Å². The van der Waals surface area contributed by atoms with Gasteiger partial charge in [0.1, 0.15) is 5.69 Å². The summed E-state index contributed by atoms with van der Waals surface area (Å²) in [4.78, 5) is 20.8. The number of fused-ring (bicyclic) bond motifs is 2. The summed E-state index contributed by atoms with van der Waals surface area (Å²) in [5.74, 6) is 0.678. The molecule has 25 heavy (non-hydrogen) atoms. The predicted molar refractivity (Wildman–Crippen MR) is 90.2 cm³/mol. The molecular formula is C17H14N6O2. The molecule has 3 aromatic heterocycles. The third-order valence-corrected chi connectivity index (χ3v) is 3.80. The van der Waals surface area contributed by atoms with Crippen molar-refractivity contribution in [2.75, 3.05) is 7.11 Å². The zero-order valence-electron chi connectivity index (χ0n) is 13.4. The molecule has 8 nitrogen and oxygen atoms in total. The number of aromatic nitrogens is 5. The van der Waals surface area contributed by atoms with Crippen molar-refractivity contribution in [3.8, 4) is 5.88 Å². The molecular weight excluding hydrogens is 320 g/mol. The van der Waals surface area contributed by atoms with E-state index in [1.165, 1.54) is 7.11 Å². The van der Waals surface area contributed by atoms with E-state index in [-0.39, 0.29) is 12.5 Å². The second-order valence-electron chi connectivity index (χ2n) is 5.32. The third-order valence-electron chi connectivity index (χ3n) is 3.80. The number of nitrogens with zero attached hydrogens (tertiary/aromatic N) is 5. The van der Waals surface area contributed by atoms with Gasteiger partial charge >= 0.3 is 0 Å². The Bertz CT molecular complexity index is 1080. The highest BCUT2D eigenvalue weighted by Gasteiger charge is 2.13. The number of para-hydroxylation sites is 1. The Balaban J connectivity index is 1.55. The summed E-state index contributed by atoms with van der Waals surface area (Å²) in [5.41, 5.74) is 1.63.